The van der Waals surface area contributed by atoms with E-state index in [4.69, 9.17) is 15.2 Å². The maximum Gasteiger partial charge on any atom is 0.414 e. The number of rotatable bonds is 6. The summed E-state index contributed by atoms with van der Waals surface area (Å²) in [5.41, 5.74) is 7.90. The zero-order valence-corrected chi connectivity index (χ0v) is 20.7. The van der Waals surface area contributed by atoms with Crippen molar-refractivity contribution in [3.8, 4) is 17.3 Å². The summed E-state index contributed by atoms with van der Waals surface area (Å²) in [5.74, 6) is -3.52. The molecule has 4 heterocycles. The number of amides is 1. The molecule has 1 aliphatic heterocycles. The van der Waals surface area contributed by atoms with Gasteiger partial charge < -0.3 is 20.2 Å². The second-order valence-corrected chi connectivity index (χ2v) is 8.99. The van der Waals surface area contributed by atoms with Gasteiger partial charge in [-0.05, 0) is 42.8 Å². The van der Waals surface area contributed by atoms with Crippen LogP contribution in [0.5, 0.6) is 11.6 Å². The quantitative estimate of drug-likeness (QED) is 0.285. The Kier molecular flexibility index (Phi) is 5.90. The number of para-hydroxylation sites is 1. The highest BCUT2D eigenvalue weighted by atomic mass is 19.1. The summed E-state index contributed by atoms with van der Waals surface area (Å²) in [6.07, 6.45) is 1.98. The Bertz CT molecular complexity index is 1810. The topological polar surface area (TPSA) is 128 Å². The van der Waals surface area contributed by atoms with Crippen molar-refractivity contribution < 1.29 is 32.2 Å². The van der Waals surface area contributed by atoms with Crippen molar-refractivity contribution in [3.63, 3.8) is 0 Å². The number of carbonyl (C=O) groups is 2. The van der Waals surface area contributed by atoms with Crippen LogP contribution >= 0.6 is 0 Å². The minimum Gasteiger partial charge on any atom is -0.447 e. The fraction of sp³-hybridized carbons (Fsp3) is 0.111. The van der Waals surface area contributed by atoms with Gasteiger partial charge in [-0.25, -0.2) is 27.6 Å². The molecule has 40 heavy (non-hydrogen) atoms. The first-order chi connectivity index (χ1) is 19.2. The van der Waals surface area contributed by atoms with Crippen LogP contribution < -0.4 is 15.4 Å². The Morgan fingerprint density at radius 3 is 2.55 bits per heavy atom. The van der Waals surface area contributed by atoms with Crippen LogP contribution in [0.15, 0.2) is 54.9 Å². The third kappa shape index (κ3) is 4.17. The molecule has 202 valence electrons. The Labute approximate surface area is 223 Å². The van der Waals surface area contributed by atoms with Crippen LogP contribution in [0.25, 0.3) is 16.6 Å². The zero-order chi connectivity index (χ0) is 28.1. The van der Waals surface area contributed by atoms with E-state index in [0.29, 0.717) is 22.2 Å². The van der Waals surface area contributed by atoms with Crippen LogP contribution in [0.1, 0.15) is 21.6 Å². The van der Waals surface area contributed by atoms with Crippen molar-refractivity contribution in [1.29, 1.82) is 0 Å². The first-order valence-corrected chi connectivity index (χ1v) is 11.9. The lowest BCUT2D eigenvalue weighted by Crippen LogP contribution is -2.24. The van der Waals surface area contributed by atoms with E-state index in [1.165, 1.54) is 52.3 Å². The van der Waals surface area contributed by atoms with Gasteiger partial charge in [-0.3, -0.25) is 9.69 Å². The average molecular weight is 548 g/mol. The highest BCUT2D eigenvalue weighted by molar-refractivity contribution is 6.12. The summed E-state index contributed by atoms with van der Waals surface area (Å²) >= 11 is 0. The minimum atomic E-state index is -0.877. The summed E-state index contributed by atoms with van der Waals surface area (Å²) in [4.78, 5) is 33.4. The molecule has 0 radical (unpaired) electrons. The van der Waals surface area contributed by atoms with Gasteiger partial charge in [0.05, 0.1) is 41.6 Å². The van der Waals surface area contributed by atoms with Crippen LogP contribution in [0.2, 0.25) is 0 Å². The van der Waals surface area contributed by atoms with Crippen LogP contribution in [-0.2, 0) is 4.74 Å². The molecular formula is C27H19F3N6O4. The third-order valence-corrected chi connectivity index (χ3v) is 6.45. The normalized spacial score (nSPS) is 13.2. The molecule has 1 aliphatic rings. The van der Waals surface area contributed by atoms with E-state index in [1.54, 1.807) is 6.92 Å². The summed E-state index contributed by atoms with van der Waals surface area (Å²) in [5, 5.41) is 4.64. The molecule has 10 nitrogen and oxygen atoms in total. The molecule has 3 N–H and O–H groups in total. The predicted octanol–water partition coefficient (Wildman–Crippen LogP) is 5.04. The molecule has 0 spiro atoms. The maximum absolute atomic E-state index is 14.7. The number of cyclic esters (lactones) is 1. The molecule has 3 aromatic heterocycles. The van der Waals surface area contributed by atoms with Gasteiger partial charge >= 0.3 is 6.09 Å². The Morgan fingerprint density at radius 2 is 1.85 bits per heavy atom. The molecule has 13 heteroatoms. The van der Waals surface area contributed by atoms with Gasteiger partial charge in [0.25, 0.3) is 0 Å². The number of aromatic amines is 1. The van der Waals surface area contributed by atoms with Crippen LogP contribution in [0.4, 0.5) is 29.5 Å². The summed E-state index contributed by atoms with van der Waals surface area (Å²) in [7, 11) is 0. The molecule has 0 aliphatic carbocycles. The second kappa shape index (κ2) is 9.45. The molecule has 0 unspecified atom stereocenters. The predicted molar refractivity (Wildman–Crippen MR) is 137 cm³/mol. The third-order valence-electron chi connectivity index (χ3n) is 6.45. The van der Waals surface area contributed by atoms with Crippen LogP contribution in [0.3, 0.4) is 0 Å². The number of nitrogen functional groups attached to an aromatic ring is 1. The van der Waals surface area contributed by atoms with E-state index in [9.17, 15) is 22.8 Å². The first-order valence-electron chi connectivity index (χ1n) is 11.9. The molecule has 0 bridgehead atoms. The lowest BCUT2D eigenvalue weighted by molar-refractivity contribution is 0.103. The summed E-state index contributed by atoms with van der Waals surface area (Å²) < 4.78 is 54.1. The number of nitrogens with zero attached hydrogens (tertiary/aromatic N) is 4. The highest BCUT2D eigenvalue weighted by Gasteiger charge is 2.27. The van der Waals surface area contributed by atoms with E-state index in [2.05, 4.69) is 15.1 Å². The number of hydrogen-bond donors (Lipinski definition) is 2. The number of nitrogens with two attached hydrogens (primary N) is 1. The Morgan fingerprint density at radius 1 is 1.07 bits per heavy atom. The van der Waals surface area contributed by atoms with Crippen molar-refractivity contribution in [2.45, 2.75) is 6.92 Å². The number of H-pyrrole nitrogens is 1. The molecule has 5 aromatic rings. The zero-order valence-electron chi connectivity index (χ0n) is 20.7. The van der Waals surface area contributed by atoms with Gasteiger partial charge in [0.1, 0.15) is 18.2 Å². The Balaban J connectivity index is 1.28. The molecule has 2 aromatic carbocycles. The number of ketones is 1. The van der Waals surface area contributed by atoms with Crippen molar-refractivity contribution in [2.24, 2.45) is 0 Å². The SMILES string of the molecule is Cc1cc(Oc2c(F)cccc2F)ncc1-n1ncc(C(=O)c2cc3cc(F)c(N4CCOC4=O)cc3[nH]2)c1N. The smallest absolute Gasteiger partial charge is 0.414 e. The second-order valence-electron chi connectivity index (χ2n) is 8.99. The number of fused-ring (bicyclic) bond motifs is 1. The molecule has 1 fully saturated rings. The summed E-state index contributed by atoms with van der Waals surface area (Å²) in [6.45, 7) is 2.05. The Hall–Kier alpha value is -5.33. The molecule has 1 amide bonds. The number of nitrogens with one attached hydrogen (secondary N) is 1. The lowest BCUT2D eigenvalue weighted by Gasteiger charge is -2.13. The number of hydrogen-bond acceptors (Lipinski definition) is 7. The molecule has 6 rings (SSSR count). The van der Waals surface area contributed by atoms with Gasteiger partial charge in [0, 0.05) is 17.0 Å². The van der Waals surface area contributed by atoms with E-state index < -0.39 is 35.1 Å². The number of aryl methyl sites for hydroxylation is 1. The first kappa shape index (κ1) is 25.0. The van der Waals surface area contributed by atoms with Crippen LogP contribution in [0, 0.1) is 24.4 Å². The lowest BCUT2D eigenvalue weighted by atomic mass is 10.1. The maximum atomic E-state index is 14.7. The monoisotopic (exact) mass is 548 g/mol. The summed E-state index contributed by atoms with van der Waals surface area (Å²) in [6, 6.07) is 8.93. The molecular weight excluding hydrogens is 529 g/mol. The van der Waals surface area contributed by atoms with Gasteiger partial charge in [0.2, 0.25) is 17.4 Å². The van der Waals surface area contributed by atoms with E-state index in [0.717, 1.165) is 12.1 Å². The number of halogens is 3. The molecule has 0 saturated carbocycles. The number of pyridine rings is 1. The van der Waals surface area contributed by atoms with E-state index >= 15 is 0 Å². The van der Waals surface area contributed by atoms with Gasteiger partial charge in [-0.1, -0.05) is 6.07 Å². The average Bonchev–Trinajstić information content (AvgIpc) is 3.64. The fourth-order valence-electron chi connectivity index (χ4n) is 4.44. The largest absolute Gasteiger partial charge is 0.447 e. The number of anilines is 2. The van der Waals surface area contributed by atoms with Crippen molar-refractivity contribution in [1.82, 2.24) is 19.7 Å². The number of ether oxygens (including phenoxy) is 2. The van der Waals surface area contributed by atoms with E-state index in [1.807, 2.05) is 0 Å². The fourth-order valence-corrected chi connectivity index (χ4v) is 4.44. The van der Waals surface area contributed by atoms with E-state index in [-0.39, 0.29) is 41.8 Å². The highest BCUT2D eigenvalue weighted by Crippen LogP contribution is 2.31. The number of benzene rings is 2. The standard InChI is InChI=1S/C27H19F3N6O4/c1-13-7-23(40-25-16(28)3-2-4-17(25)29)32-12-22(13)36-26(31)15(11-33-36)24(37)20-9-14-8-18(30)21(10-19(14)34-20)35-5-6-39-27(35)38/h2-4,7-12,34H,5-6,31H2,1H3. The van der Waals surface area contributed by atoms with Crippen molar-refractivity contribution in [3.05, 3.63) is 89.1 Å². The van der Waals surface area contributed by atoms with Crippen molar-refractivity contribution >= 4 is 34.3 Å². The van der Waals surface area contributed by atoms with Gasteiger partial charge in [-0.2, -0.15) is 5.10 Å². The molecule has 0 atom stereocenters. The molecule has 1 saturated heterocycles. The van der Waals surface area contributed by atoms with Crippen LogP contribution in [-0.4, -0.2) is 44.8 Å². The number of carbonyl (C=O) groups excluding carboxylic acids is 2. The van der Waals surface area contributed by atoms with Crippen molar-refractivity contribution in [2.75, 3.05) is 23.8 Å². The number of aromatic nitrogens is 4. The van der Waals surface area contributed by atoms with Gasteiger partial charge in [0.15, 0.2) is 11.6 Å². The van der Waals surface area contributed by atoms with Gasteiger partial charge in [-0.15, -0.1) is 0 Å². The minimum absolute atomic E-state index is 0.00838.